The van der Waals surface area contributed by atoms with Gasteiger partial charge < -0.3 is 10.4 Å². The number of nitrogens with one attached hydrogen (secondary N) is 1. The van der Waals surface area contributed by atoms with E-state index >= 15 is 0 Å². The Morgan fingerprint density at radius 3 is 2.76 bits per heavy atom. The van der Waals surface area contributed by atoms with Crippen LogP contribution in [0.4, 0.5) is 0 Å². The van der Waals surface area contributed by atoms with Crippen LogP contribution in [0.25, 0.3) is 6.08 Å². The van der Waals surface area contributed by atoms with Gasteiger partial charge in [0.25, 0.3) is 5.91 Å². The number of carbonyl (C=O) groups excluding carboxylic acids is 1. The fraction of sp³-hybridized carbons (Fsp3) is 0.167. The molecule has 1 aromatic rings. The largest absolute Gasteiger partial charge is 0.508 e. The Morgan fingerprint density at radius 1 is 1.53 bits per heavy atom. The molecule has 0 spiro atoms. The molecule has 17 heavy (non-hydrogen) atoms. The number of aryl methyl sites for hydroxylation is 1. The Morgan fingerprint density at radius 2 is 2.24 bits per heavy atom. The number of rotatable bonds is 4. The highest BCUT2D eigenvalue weighted by molar-refractivity contribution is 8.24. The third-order valence-electron chi connectivity index (χ3n) is 2.14. The highest BCUT2D eigenvalue weighted by atomic mass is 32.2. The van der Waals surface area contributed by atoms with E-state index in [1.165, 1.54) is 16.5 Å². The van der Waals surface area contributed by atoms with Crippen molar-refractivity contribution in [1.29, 1.82) is 0 Å². The maximum absolute atomic E-state index is 11.5. The predicted molar refractivity (Wildman–Crippen MR) is 76.1 cm³/mol. The van der Waals surface area contributed by atoms with Crippen molar-refractivity contribution in [3.05, 3.63) is 34.2 Å². The van der Waals surface area contributed by atoms with Gasteiger partial charge in [0.2, 0.25) is 0 Å². The van der Waals surface area contributed by atoms with Crippen LogP contribution in [0.3, 0.4) is 0 Å². The summed E-state index contributed by atoms with van der Waals surface area (Å²) in [6, 6.07) is 5.15. The van der Waals surface area contributed by atoms with E-state index < -0.39 is 0 Å². The number of hydrogen-bond acceptors (Lipinski definition) is 4. The van der Waals surface area contributed by atoms with E-state index in [1.54, 1.807) is 32.2 Å². The molecule has 0 aliphatic carbocycles. The van der Waals surface area contributed by atoms with Crippen LogP contribution in [0.15, 0.2) is 23.1 Å². The maximum atomic E-state index is 11.5. The van der Waals surface area contributed by atoms with Crippen molar-refractivity contribution in [2.75, 3.05) is 7.05 Å². The van der Waals surface area contributed by atoms with E-state index in [1.807, 2.05) is 6.07 Å². The molecular weight excluding hydrogens is 254 g/mol. The topological polar surface area (TPSA) is 49.3 Å². The predicted octanol–water partition coefficient (Wildman–Crippen LogP) is 2.48. The number of aromatic hydroxyl groups is 1. The van der Waals surface area contributed by atoms with Crippen LogP contribution in [0.5, 0.6) is 5.75 Å². The molecule has 0 unspecified atom stereocenters. The van der Waals surface area contributed by atoms with Gasteiger partial charge >= 0.3 is 0 Å². The minimum absolute atomic E-state index is 0.179. The molecule has 0 aromatic heterocycles. The molecule has 2 N–H and O–H groups in total. The van der Waals surface area contributed by atoms with Gasteiger partial charge in [-0.05, 0) is 36.3 Å². The van der Waals surface area contributed by atoms with Crippen LogP contribution in [0.2, 0.25) is 0 Å². The van der Waals surface area contributed by atoms with Gasteiger partial charge in [0.1, 0.15) is 5.75 Å². The maximum Gasteiger partial charge on any atom is 0.257 e. The summed E-state index contributed by atoms with van der Waals surface area (Å²) in [5.41, 5.74) is 1.62. The smallest absolute Gasteiger partial charge is 0.257 e. The minimum Gasteiger partial charge on any atom is -0.508 e. The highest BCUT2D eigenvalue weighted by Gasteiger charge is 2.07. The third-order valence-corrected chi connectivity index (χ3v) is 3.09. The molecule has 0 aliphatic rings. The number of amides is 1. The lowest BCUT2D eigenvalue weighted by Crippen LogP contribution is -2.18. The first-order chi connectivity index (χ1) is 8.08. The van der Waals surface area contributed by atoms with Crippen molar-refractivity contribution in [3.8, 4) is 5.75 Å². The molecule has 0 saturated carbocycles. The van der Waals surface area contributed by atoms with Crippen LogP contribution in [0.1, 0.15) is 11.1 Å². The molecule has 5 heteroatoms. The molecule has 0 heterocycles. The van der Waals surface area contributed by atoms with Crippen molar-refractivity contribution >= 4 is 40.7 Å². The fourth-order valence-electron chi connectivity index (χ4n) is 1.25. The zero-order valence-electron chi connectivity index (χ0n) is 9.56. The monoisotopic (exact) mass is 267 g/mol. The van der Waals surface area contributed by atoms with E-state index in [0.29, 0.717) is 4.91 Å². The number of thioether (sulfide) groups is 1. The Bertz CT molecular complexity index is 470. The summed E-state index contributed by atoms with van der Waals surface area (Å²) < 4.78 is 1.44. The molecule has 0 fully saturated rings. The molecule has 0 radical (unpaired) electrons. The SMILES string of the molecule is CNC(=O)/C(=C/c1ccc(O)c(C)c1)SC=S. The molecule has 1 rings (SSSR count). The minimum atomic E-state index is -0.179. The molecule has 90 valence electrons. The number of phenolic OH excluding ortho intramolecular Hbond substituents is 1. The normalized spacial score (nSPS) is 11.1. The van der Waals surface area contributed by atoms with Gasteiger partial charge in [-0.15, -0.1) is 0 Å². The summed E-state index contributed by atoms with van der Waals surface area (Å²) in [5.74, 6) is 0.0629. The molecule has 0 atom stereocenters. The number of thiocarbonyl (C=S) groups is 1. The van der Waals surface area contributed by atoms with Crippen molar-refractivity contribution in [2.24, 2.45) is 0 Å². The molecule has 1 amide bonds. The zero-order chi connectivity index (χ0) is 12.8. The lowest BCUT2D eigenvalue weighted by Gasteiger charge is -2.04. The number of benzene rings is 1. The van der Waals surface area contributed by atoms with Crippen LogP contribution in [-0.2, 0) is 4.79 Å². The van der Waals surface area contributed by atoms with Crippen LogP contribution >= 0.6 is 24.0 Å². The second kappa shape index (κ2) is 6.42. The molecule has 0 bridgehead atoms. The van der Waals surface area contributed by atoms with Crippen LogP contribution < -0.4 is 5.32 Å². The summed E-state index contributed by atoms with van der Waals surface area (Å²) in [6.45, 7) is 1.80. The number of likely N-dealkylation sites (N-methyl/N-ethyl adjacent to an activating group) is 1. The number of hydrogen-bond donors (Lipinski definition) is 2. The number of carbonyl (C=O) groups is 1. The summed E-state index contributed by atoms with van der Waals surface area (Å²) in [6.07, 6.45) is 1.73. The molecular formula is C12H13NO2S2. The van der Waals surface area contributed by atoms with Gasteiger partial charge in [-0.25, -0.2) is 0 Å². The van der Waals surface area contributed by atoms with Gasteiger partial charge in [0.05, 0.1) is 4.91 Å². The Hall–Kier alpha value is -1.33. The van der Waals surface area contributed by atoms with Crippen LogP contribution in [-0.4, -0.2) is 22.8 Å². The standard InChI is InChI=1S/C12H13NO2S2/c1-8-5-9(3-4-10(8)14)6-11(17-7-16)12(15)13-2/h3-7,14H,1-2H3,(H,13,15)/b11-6-. The molecule has 0 aliphatic heterocycles. The second-order valence-electron chi connectivity index (χ2n) is 3.35. The summed E-state index contributed by atoms with van der Waals surface area (Å²) in [4.78, 5) is 12.1. The Balaban J connectivity index is 3.07. The third kappa shape index (κ3) is 3.87. The average Bonchev–Trinajstić information content (AvgIpc) is 2.32. The van der Waals surface area contributed by atoms with Gasteiger partial charge in [-0.3, -0.25) is 4.79 Å². The van der Waals surface area contributed by atoms with Gasteiger partial charge in [-0.2, -0.15) is 0 Å². The van der Waals surface area contributed by atoms with Crippen LogP contribution in [0, 0.1) is 6.92 Å². The summed E-state index contributed by atoms with van der Waals surface area (Å²) in [7, 11) is 1.57. The first kappa shape index (κ1) is 13.7. The number of phenols is 1. The Kier molecular flexibility index (Phi) is 5.18. The molecule has 3 nitrogen and oxygen atoms in total. The van der Waals surface area contributed by atoms with E-state index in [2.05, 4.69) is 5.32 Å². The zero-order valence-corrected chi connectivity index (χ0v) is 11.2. The molecule has 0 saturated heterocycles. The fourth-order valence-corrected chi connectivity index (χ4v) is 2.08. The van der Waals surface area contributed by atoms with E-state index in [4.69, 9.17) is 12.2 Å². The first-order valence-corrected chi connectivity index (χ1v) is 6.27. The Labute approximate surface area is 110 Å². The lowest BCUT2D eigenvalue weighted by atomic mass is 10.1. The van der Waals surface area contributed by atoms with Crippen molar-refractivity contribution in [1.82, 2.24) is 5.32 Å². The molecule has 1 aromatic carbocycles. The van der Waals surface area contributed by atoms with E-state index in [0.717, 1.165) is 11.1 Å². The lowest BCUT2D eigenvalue weighted by molar-refractivity contribution is -0.116. The van der Waals surface area contributed by atoms with Gasteiger partial charge in [0.15, 0.2) is 0 Å². The van der Waals surface area contributed by atoms with Crippen molar-refractivity contribution < 1.29 is 9.90 Å². The average molecular weight is 267 g/mol. The second-order valence-corrected chi connectivity index (χ2v) is 4.79. The quantitative estimate of drug-likeness (QED) is 0.650. The van der Waals surface area contributed by atoms with E-state index in [-0.39, 0.29) is 11.7 Å². The van der Waals surface area contributed by atoms with Crippen molar-refractivity contribution in [2.45, 2.75) is 6.92 Å². The summed E-state index contributed by atoms with van der Waals surface area (Å²) in [5, 5.41) is 12.0. The van der Waals surface area contributed by atoms with Gasteiger partial charge in [-0.1, -0.05) is 30.0 Å². The summed E-state index contributed by atoms with van der Waals surface area (Å²) >= 11 is 5.93. The first-order valence-electron chi connectivity index (χ1n) is 4.92. The van der Waals surface area contributed by atoms with Gasteiger partial charge in [0, 0.05) is 11.7 Å². The van der Waals surface area contributed by atoms with E-state index in [9.17, 15) is 9.90 Å². The highest BCUT2D eigenvalue weighted by Crippen LogP contribution is 2.22. The van der Waals surface area contributed by atoms with Crippen molar-refractivity contribution in [3.63, 3.8) is 0 Å².